The molecule has 1 N–H and O–H groups in total. The summed E-state index contributed by atoms with van der Waals surface area (Å²) in [6, 6.07) is 14.2. The Labute approximate surface area is 156 Å². The molecule has 2 aromatic carbocycles. The molecule has 1 heterocycles. The molecule has 26 heavy (non-hydrogen) atoms. The van der Waals surface area contributed by atoms with E-state index in [2.05, 4.69) is 11.9 Å². The van der Waals surface area contributed by atoms with E-state index in [0.29, 0.717) is 22.9 Å². The van der Waals surface area contributed by atoms with E-state index in [9.17, 15) is 9.59 Å². The maximum absolute atomic E-state index is 12.3. The van der Waals surface area contributed by atoms with Crippen molar-refractivity contribution in [3.05, 3.63) is 83.0 Å². The highest BCUT2D eigenvalue weighted by Gasteiger charge is 2.32. The summed E-state index contributed by atoms with van der Waals surface area (Å²) in [6.45, 7) is 4.08. The van der Waals surface area contributed by atoms with Crippen molar-refractivity contribution >= 4 is 29.6 Å². The zero-order valence-electron chi connectivity index (χ0n) is 13.9. The van der Waals surface area contributed by atoms with Crippen molar-refractivity contribution in [3.63, 3.8) is 0 Å². The van der Waals surface area contributed by atoms with E-state index in [4.69, 9.17) is 16.3 Å². The number of carbonyl (C=O) groups excluding carboxylic acids is 2. The fourth-order valence-corrected chi connectivity index (χ4v) is 2.62. The smallest absolute Gasteiger partial charge is 0.329 e. The molecule has 1 saturated heterocycles. The van der Waals surface area contributed by atoms with Gasteiger partial charge in [0.1, 0.15) is 18.1 Å². The molecule has 0 saturated carbocycles. The van der Waals surface area contributed by atoms with Gasteiger partial charge in [0.2, 0.25) is 0 Å². The third-order valence-corrected chi connectivity index (χ3v) is 4.05. The average Bonchev–Trinajstić information content (AvgIpc) is 2.90. The summed E-state index contributed by atoms with van der Waals surface area (Å²) >= 11 is 5.88. The van der Waals surface area contributed by atoms with E-state index in [1.165, 1.54) is 6.08 Å². The van der Waals surface area contributed by atoms with Crippen LogP contribution in [0.5, 0.6) is 5.75 Å². The Morgan fingerprint density at radius 3 is 2.58 bits per heavy atom. The van der Waals surface area contributed by atoms with Crippen molar-refractivity contribution < 1.29 is 14.3 Å². The molecule has 5 nitrogen and oxygen atoms in total. The number of carbonyl (C=O) groups is 2. The summed E-state index contributed by atoms with van der Waals surface area (Å²) in [5.41, 5.74) is 1.88. The van der Waals surface area contributed by atoms with Gasteiger partial charge in [0.05, 0.1) is 0 Å². The second kappa shape index (κ2) is 7.89. The van der Waals surface area contributed by atoms with E-state index in [0.717, 1.165) is 10.5 Å². The SMILES string of the molecule is C=CCN1C(=O)N/C(=C/c2ccccc2OCc2ccc(Cl)cc2)C1=O. The number of rotatable bonds is 6. The molecule has 0 atom stereocenters. The molecular weight excluding hydrogens is 352 g/mol. The lowest BCUT2D eigenvalue weighted by molar-refractivity contribution is -0.122. The first-order valence-corrected chi connectivity index (χ1v) is 8.38. The van der Waals surface area contributed by atoms with Gasteiger partial charge in [0.25, 0.3) is 5.91 Å². The van der Waals surface area contributed by atoms with E-state index < -0.39 is 6.03 Å². The van der Waals surface area contributed by atoms with Crippen LogP contribution in [0.4, 0.5) is 4.79 Å². The van der Waals surface area contributed by atoms with Gasteiger partial charge in [-0.1, -0.05) is 48.0 Å². The van der Waals surface area contributed by atoms with Crippen molar-refractivity contribution in [1.29, 1.82) is 0 Å². The van der Waals surface area contributed by atoms with Crippen LogP contribution >= 0.6 is 11.6 Å². The molecule has 1 aliphatic heterocycles. The lowest BCUT2D eigenvalue weighted by atomic mass is 10.1. The van der Waals surface area contributed by atoms with Crippen LogP contribution in [-0.2, 0) is 11.4 Å². The van der Waals surface area contributed by atoms with Gasteiger partial charge < -0.3 is 10.1 Å². The second-order valence-corrected chi connectivity index (χ2v) is 6.08. The Bertz CT molecular complexity index is 875. The van der Waals surface area contributed by atoms with Crippen LogP contribution < -0.4 is 10.1 Å². The maximum Gasteiger partial charge on any atom is 0.329 e. The number of amides is 3. The molecule has 0 unspecified atom stereocenters. The van der Waals surface area contributed by atoms with Crippen molar-refractivity contribution in [1.82, 2.24) is 10.2 Å². The summed E-state index contributed by atoms with van der Waals surface area (Å²) in [6.07, 6.45) is 3.12. The Morgan fingerprint density at radius 2 is 1.85 bits per heavy atom. The quantitative estimate of drug-likeness (QED) is 0.476. The predicted molar refractivity (Wildman–Crippen MR) is 101 cm³/mol. The highest BCUT2D eigenvalue weighted by Crippen LogP contribution is 2.24. The molecule has 0 aliphatic carbocycles. The number of benzene rings is 2. The van der Waals surface area contributed by atoms with Crippen LogP contribution in [0.15, 0.2) is 66.9 Å². The zero-order valence-corrected chi connectivity index (χ0v) is 14.7. The van der Waals surface area contributed by atoms with Gasteiger partial charge in [0.15, 0.2) is 0 Å². The number of urea groups is 1. The number of hydrogen-bond donors (Lipinski definition) is 1. The van der Waals surface area contributed by atoms with Gasteiger partial charge in [-0.3, -0.25) is 9.69 Å². The van der Waals surface area contributed by atoms with E-state index in [1.54, 1.807) is 18.2 Å². The van der Waals surface area contributed by atoms with Crippen LogP contribution in [0.25, 0.3) is 6.08 Å². The number of imide groups is 1. The number of nitrogens with zero attached hydrogens (tertiary/aromatic N) is 1. The summed E-state index contributed by atoms with van der Waals surface area (Å²) < 4.78 is 5.87. The fraction of sp³-hybridized carbons (Fsp3) is 0.100. The van der Waals surface area contributed by atoms with Gasteiger partial charge in [-0.2, -0.15) is 0 Å². The lowest BCUT2D eigenvalue weighted by Gasteiger charge is -2.10. The van der Waals surface area contributed by atoms with E-state index in [1.807, 2.05) is 36.4 Å². The summed E-state index contributed by atoms with van der Waals surface area (Å²) in [5, 5.41) is 3.24. The molecule has 1 aliphatic rings. The Morgan fingerprint density at radius 1 is 1.12 bits per heavy atom. The monoisotopic (exact) mass is 368 g/mol. The zero-order chi connectivity index (χ0) is 18.5. The second-order valence-electron chi connectivity index (χ2n) is 5.65. The molecule has 3 rings (SSSR count). The minimum Gasteiger partial charge on any atom is -0.488 e. The molecule has 6 heteroatoms. The van der Waals surface area contributed by atoms with Crippen molar-refractivity contribution in [2.45, 2.75) is 6.61 Å². The molecule has 1 fully saturated rings. The van der Waals surface area contributed by atoms with Gasteiger partial charge >= 0.3 is 6.03 Å². The first-order valence-electron chi connectivity index (χ1n) is 8.00. The summed E-state index contributed by atoms with van der Waals surface area (Å²) in [7, 11) is 0. The Kier molecular flexibility index (Phi) is 5.39. The Hall–Kier alpha value is -3.05. The number of para-hydroxylation sites is 1. The van der Waals surface area contributed by atoms with Crippen LogP contribution in [-0.4, -0.2) is 23.4 Å². The predicted octanol–water partition coefficient (Wildman–Crippen LogP) is 4.00. The Balaban J connectivity index is 1.79. The number of halogens is 1. The van der Waals surface area contributed by atoms with Gasteiger partial charge in [-0.25, -0.2) is 4.79 Å². The molecular formula is C20H17ClN2O3. The lowest BCUT2D eigenvalue weighted by Crippen LogP contribution is -2.30. The van der Waals surface area contributed by atoms with Gasteiger partial charge in [0, 0.05) is 17.1 Å². The first-order chi connectivity index (χ1) is 12.6. The van der Waals surface area contributed by atoms with Gasteiger partial charge in [-0.05, 0) is 29.8 Å². The molecule has 0 aromatic heterocycles. The van der Waals surface area contributed by atoms with Crippen LogP contribution in [0.2, 0.25) is 5.02 Å². The van der Waals surface area contributed by atoms with Crippen LogP contribution in [0.3, 0.4) is 0 Å². The third kappa shape index (κ3) is 3.95. The highest BCUT2D eigenvalue weighted by atomic mass is 35.5. The molecule has 2 aromatic rings. The normalized spacial score (nSPS) is 15.3. The molecule has 132 valence electrons. The minimum atomic E-state index is -0.458. The van der Waals surface area contributed by atoms with E-state index in [-0.39, 0.29) is 18.1 Å². The fourth-order valence-electron chi connectivity index (χ4n) is 2.49. The summed E-state index contributed by atoms with van der Waals surface area (Å²) in [4.78, 5) is 25.3. The van der Waals surface area contributed by atoms with Crippen LogP contribution in [0.1, 0.15) is 11.1 Å². The standard InChI is InChI=1S/C20H17ClN2O3/c1-2-11-23-19(24)17(22-20(23)25)12-15-5-3-4-6-18(15)26-13-14-7-9-16(21)10-8-14/h2-10,12H,1,11,13H2,(H,22,25)/b17-12+. The topological polar surface area (TPSA) is 58.6 Å². The van der Waals surface area contributed by atoms with E-state index >= 15 is 0 Å². The number of nitrogens with one attached hydrogen (secondary N) is 1. The molecule has 3 amide bonds. The van der Waals surface area contributed by atoms with Crippen molar-refractivity contribution in [3.8, 4) is 5.75 Å². The largest absolute Gasteiger partial charge is 0.488 e. The third-order valence-electron chi connectivity index (χ3n) is 3.80. The molecule has 0 bridgehead atoms. The first kappa shape index (κ1) is 17.8. The maximum atomic E-state index is 12.3. The van der Waals surface area contributed by atoms with Crippen LogP contribution in [0, 0.1) is 0 Å². The molecule has 0 radical (unpaired) electrons. The number of hydrogen-bond acceptors (Lipinski definition) is 3. The van der Waals surface area contributed by atoms with Crippen molar-refractivity contribution in [2.75, 3.05) is 6.54 Å². The van der Waals surface area contributed by atoms with Gasteiger partial charge in [-0.15, -0.1) is 6.58 Å². The highest BCUT2D eigenvalue weighted by molar-refractivity contribution is 6.30. The minimum absolute atomic E-state index is 0.163. The number of ether oxygens (including phenoxy) is 1. The average molecular weight is 369 g/mol. The summed E-state index contributed by atoms with van der Waals surface area (Å²) in [5.74, 6) is 0.224. The van der Waals surface area contributed by atoms with Crippen molar-refractivity contribution in [2.24, 2.45) is 0 Å². The molecule has 0 spiro atoms.